The van der Waals surface area contributed by atoms with Gasteiger partial charge in [0.1, 0.15) is 18.3 Å². The van der Waals surface area contributed by atoms with Crippen molar-refractivity contribution in [3.63, 3.8) is 0 Å². The van der Waals surface area contributed by atoms with E-state index in [0.717, 1.165) is 94.0 Å². The molecule has 0 aliphatic carbocycles. The molecule has 0 unspecified atom stereocenters. The summed E-state index contributed by atoms with van der Waals surface area (Å²) >= 11 is 8.92. The number of fused-ring (bicyclic) bond motifs is 2. The number of nitrogens with zero attached hydrogens (tertiary/aromatic N) is 3. The predicted molar refractivity (Wildman–Crippen MR) is 407 cm³/mol. The maximum absolute atomic E-state index is 13.1. The number of hydrazone groups is 1. The van der Waals surface area contributed by atoms with Crippen LogP contribution in [0.25, 0.3) is 5.70 Å². The summed E-state index contributed by atoms with van der Waals surface area (Å²) in [6, 6.07) is 12.9. The molecule has 103 heavy (non-hydrogen) atoms. The molecular formula is C70H116BrClN8O20S2Zn. The van der Waals surface area contributed by atoms with Gasteiger partial charge in [-0.2, -0.15) is 21.5 Å². The number of aromatic nitrogens is 2. The van der Waals surface area contributed by atoms with E-state index in [9.17, 15) is 50.7 Å². The number of Topliss-reactive ketones (excluding diaryl/α,β-unsaturated/α-hetero) is 1. The van der Waals surface area contributed by atoms with E-state index in [0.29, 0.717) is 73.6 Å². The van der Waals surface area contributed by atoms with Crippen LogP contribution in [-0.2, 0) is 97.0 Å². The number of unbranched alkanes of at least 4 members (excludes halogenated alkanes) is 4. The summed E-state index contributed by atoms with van der Waals surface area (Å²) in [6.45, 7) is 32.9. The van der Waals surface area contributed by atoms with E-state index in [1.165, 1.54) is 46.0 Å². The number of aliphatic carboxylic acids is 3. The van der Waals surface area contributed by atoms with Crippen molar-refractivity contribution in [2.45, 2.75) is 218 Å². The fourth-order valence-electron chi connectivity index (χ4n) is 7.15. The number of nitrogens with two attached hydrogens (primary N) is 1. The first kappa shape index (κ1) is 107. The molecule has 0 saturated carbocycles. The summed E-state index contributed by atoms with van der Waals surface area (Å²) in [6.07, 6.45) is 17.6. The Kier molecular flexibility index (Phi) is 69.3. The van der Waals surface area contributed by atoms with Crippen LogP contribution >= 0.6 is 25.2 Å². The molecule has 33 heteroatoms. The number of para-hydroxylation sites is 2. The number of hydrazine groups is 1. The Labute approximate surface area is 635 Å². The molecule has 0 fully saturated rings. The Bertz CT molecular complexity index is 3360. The minimum absolute atomic E-state index is 0. The molecule has 2 aromatic carbocycles. The Hall–Kier alpha value is -7.11. The number of carbonyl (C=O) groups excluding carboxylic acids is 4. The molecule has 28 nitrogen and oxygen atoms in total. The number of sulfone groups is 2. The van der Waals surface area contributed by atoms with E-state index >= 15 is 0 Å². The van der Waals surface area contributed by atoms with Crippen LogP contribution in [0.5, 0.6) is 5.75 Å². The van der Waals surface area contributed by atoms with Crippen molar-refractivity contribution in [3.05, 3.63) is 93.6 Å². The van der Waals surface area contributed by atoms with Gasteiger partial charge in [-0.3, -0.25) is 30.5 Å². The zero-order valence-corrected chi connectivity index (χ0v) is 67.6. The monoisotopic (exact) mass is 1630 g/mol. The number of rotatable bonds is 29. The summed E-state index contributed by atoms with van der Waals surface area (Å²) in [7, 11) is -7.27. The van der Waals surface area contributed by atoms with E-state index in [2.05, 4.69) is 140 Å². The zero-order valence-electron chi connectivity index (χ0n) is 61.7. The Morgan fingerprint density at radius 2 is 1.18 bits per heavy atom. The van der Waals surface area contributed by atoms with Gasteiger partial charge < -0.3 is 52.9 Å². The first-order valence-electron chi connectivity index (χ1n) is 33.3. The summed E-state index contributed by atoms with van der Waals surface area (Å²) in [5.41, 5.74) is 6.02. The number of terminal acetylenes is 1. The van der Waals surface area contributed by atoms with Gasteiger partial charge in [0, 0.05) is 43.4 Å². The molecule has 2 aliphatic rings. The third-order valence-electron chi connectivity index (χ3n) is 12.2. The molecule has 5 rings (SSSR count). The first-order valence-corrected chi connectivity index (χ1v) is 43.2. The second kappa shape index (κ2) is 66.8. The molecule has 0 bridgehead atoms. The van der Waals surface area contributed by atoms with Gasteiger partial charge in [-0.25, -0.2) is 45.5 Å². The molecule has 0 saturated heterocycles. The SMILES string of the molecule is C.C.CC(C)CCNN.CCCC/C(=N/NCCC(C)C)C(=O)OCC.CCCCC(=O)C(=O)OCC.CCCCc1nn(CCC(C)C)c(=O)c(C2=CS(=O)(=O)c3ccccc3N2)c1O.CCOOC(=O)Cl.O=C(O)C(=O)O.O=C(O)CC1=CS(=O)(=O)c2ccccc2N1.[2H]C#C.[CH2-]CCC.[Zn+][Br]. The van der Waals surface area contributed by atoms with E-state index in [1.54, 1.807) is 50.2 Å². The number of aryl methyl sites for hydroxylation is 2. The van der Waals surface area contributed by atoms with Crippen LogP contribution in [0.2, 0.25) is 0 Å². The Morgan fingerprint density at radius 1 is 0.728 bits per heavy atom. The average molecular weight is 1640 g/mol. The van der Waals surface area contributed by atoms with Crippen LogP contribution in [0.4, 0.5) is 16.2 Å². The van der Waals surface area contributed by atoms with Gasteiger partial charge in [0.15, 0.2) is 5.75 Å². The summed E-state index contributed by atoms with van der Waals surface area (Å²) in [5.74, 6) is 0.428. The van der Waals surface area contributed by atoms with Gasteiger partial charge >= 0.3 is 65.2 Å². The second-order valence-corrected chi connectivity index (χ2v) is 26.0. The quantitative estimate of drug-likeness (QED) is 0.00266. The fourth-order valence-corrected chi connectivity index (χ4v) is 9.84. The van der Waals surface area contributed by atoms with E-state index in [-0.39, 0.29) is 66.3 Å². The third-order valence-corrected chi connectivity index (χ3v) is 15.4. The topological polar surface area (TPSA) is 427 Å². The number of carboxylic acids is 3. The van der Waals surface area contributed by atoms with Crippen molar-refractivity contribution in [3.8, 4) is 18.6 Å². The molecule has 3 heterocycles. The van der Waals surface area contributed by atoms with Crippen molar-refractivity contribution in [1.29, 1.82) is 0 Å². The first-order chi connectivity index (χ1) is 48.1. The van der Waals surface area contributed by atoms with Crippen molar-refractivity contribution in [2.75, 3.05) is 43.5 Å². The Morgan fingerprint density at radius 3 is 1.59 bits per heavy atom. The van der Waals surface area contributed by atoms with Gasteiger partial charge in [0.2, 0.25) is 25.5 Å². The van der Waals surface area contributed by atoms with Crippen molar-refractivity contribution >= 4 is 109 Å². The van der Waals surface area contributed by atoms with Gasteiger partial charge in [0.05, 0.1) is 63.9 Å². The summed E-state index contributed by atoms with van der Waals surface area (Å²) in [4.78, 5) is 92.8. The fraction of sp³-hybridized carbons (Fsp3) is 0.557. The molecule has 0 radical (unpaired) electrons. The number of halogens is 2. The number of carbonyl (C=O) groups is 7. The molecule has 10 N–H and O–H groups in total. The average Bonchev–Trinajstić information content (AvgIpc) is 0.763. The van der Waals surface area contributed by atoms with Crippen molar-refractivity contribution in [2.24, 2.45) is 28.7 Å². The van der Waals surface area contributed by atoms with Gasteiger partial charge in [-0.05, 0) is 114 Å². The molecule has 0 spiro atoms. The molecule has 3 aromatic rings. The standard InChI is InChI=1S/C21H27N3O4S.C13H26N2O2.C10H9NO4S.C8H14O3.C5H14N2.C4H9.C3H5ClO3.C2H2O4.C2H2.2CH4.BrH.Zn/c1-4-5-8-16-20(25)19(21(26)24(23-16)12-11-14(2)3)17-13-29(27,28)18-10-7-6-9-15(18)22-17;1-5-7-8-12(13(16)17-6-2)15-14-10-9-11(3)4;12-10(13)5-7-6-16(14,15)9-4-2-1-3-8(9)11-7;1-3-5-6-7(9)8(10)11-4-2;1-5(2)3-4-7-6;1-3-4-2;1-2-6-7-3(4)5;3-1(4)2(5)6;1-2;;;;/h6-7,9-10,13-14,22,25H,4-5,8,11-12H2,1-3H3;11,14H,5-10H2,1-4H3;1-4,6,11H,5H2,(H,12,13);3-6H2,1-2H3;5,7H,3-4,6H2,1-2H3;1,3-4H2,2H3;2H2,1H3;(H,3,4)(H,5,6);1-2H;2*1H4;1H;/q;;;;;-1;;;;;;;+2/p-1/b;15-12-;;;;;;;;;;;/i;;;;;;;;1D;;;;. The van der Waals surface area contributed by atoms with Gasteiger partial charge in [-0.15, -0.1) is 12.8 Å². The second-order valence-electron chi connectivity index (χ2n) is 22.1. The number of benzene rings is 2. The maximum atomic E-state index is 13.1. The molecule has 2 aliphatic heterocycles. The van der Waals surface area contributed by atoms with E-state index < -0.39 is 60.3 Å². The number of aromatic hydroxyl groups is 1. The normalized spacial score (nSPS) is 11.9. The number of hydrogen-bond donors (Lipinski definition) is 9. The summed E-state index contributed by atoms with van der Waals surface area (Å²) < 4.78 is 65.5. The number of nitrogens with one attached hydrogen (secondary N) is 4. The molecule has 584 valence electrons. The van der Waals surface area contributed by atoms with Crippen molar-refractivity contribution in [1.82, 2.24) is 20.6 Å². The summed E-state index contributed by atoms with van der Waals surface area (Å²) in [5, 5.41) is 50.5. The van der Waals surface area contributed by atoms with Crippen LogP contribution in [0.15, 0.2) is 84.7 Å². The van der Waals surface area contributed by atoms with Crippen LogP contribution in [0.3, 0.4) is 0 Å². The number of ketones is 1. The predicted octanol–water partition coefficient (Wildman–Crippen LogP) is 13.7. The third kappa shape index (κ3) is 53.3. The van der Waals surface area contributed by atoms with Crippen molar-refractivity contribution < 1.29 is 108 Å². The zero-order chi connectivity index (χ0) is 79.4. The number of esters is 2. The molecule has 0 atom stereocenters. The van der Waals surface area contributed by atoms with Crippen LogP contribution in [0.1, 0.15) is 207 Å². The number of carboxylic acid groups (broad SMARTS) is 3. The number of anilines is 2. The minimum atomic E-state index is -3.75. The number of ether oxygens (including phenoxy) is 2. The molecular weight excluding hydrogens is 1520 g/mol. The molecule has 0 amide bonds. The van der Waals surface area contributed by atoms with Crippen LogP contribution in [0, 0.1) is 37.5 Å². The molecule has 1 aromatic heterocycles. The Balaban J connectivity index is -0.000000220. The van der Waals surface area contributed by atoms with E-state index in [1.807, 2.05) is 20.8 Å². The van der Waals surface area contributed by atoms with Crippen LogP contribution < -0.4 is 32.9 Å². The van der Waals surface area contributed by atoms with E-state index in [4.69, 9.17) is 36.9 Å². The van der Waals surface area contributed by atoms with Gasteiger partial charge in [-0.1, -0.05) is 134 Å². The number of hydrogen-bond acceptors (Lipinski definition) is 24. The van der Waals surface area contributed by atoms with Crippen LogP contribution in [-0.4, -0.2) is 127 Å². The van der Waals surface area contributed by atoms with Gasteiger partial charge in [0.25, 0.3) is 5.56 Å².